The Labute approximate surface area is 247 Å². The molecule has 14 heteroatoms. The lowest BCUT2D eigenvalue weighted by Crippen LogP contribution is -2.35. The number of carbonyl (C=O) groups is 1. The van der Waals surface area contributed by atoms with Gasteiger partial charge in [-0.25, -0.2) is 21.6 Å². The molecule has 3 aromatic carbocycles. The molecule has 0 aromatic heterocycles. The van der Waals surface area contributed by atoms with Crippen molar-refractivity contribution in [1.82, 2.24) is 9.62 Å². The molecule has 0 bridgehead atoms. The van der Waals surface area contributed by atoms with Crippen LogP contribution in [0, 0.1) is 0 Å². The second kappa shape index (κ2) is 13.1. The van der Waals surface area contributed by atoms with Crippen LogP contribution in [-0.4, -0.2) is 64.6 Å². The van der Waals surface area contributed by atoms with E-state index in [0.717, 1.165) is 36.4 Å². The second-order valence-corrected chi connectivity index (χ2v) is 14.6. The molecule has 1 fully saturated rings. The molecule has 0 radical (unpaired) electrons. The lowest BCUT2D eigenvalue weighted by molar-refractivity contribution is -0.0435. The third-order valence-electron chi connectivity index (χ3n) is 6.90. The number of nitrogens with zero attached hydrogens (tertiary/aromatic N) is 1. The average molecular weight is 642 g/mol. The summed E-state index contributed by atoms with van der Waals surface area (Å²) in [5.41, 5.74) is -6.07. The van der Waals surface area contributed by atoms with Crippen molar-refractivity contribution in [2.75, 3.05) is 24.7 Å². The lowest BCUT2D eigenvalue weighted by atomic mass is 10.1. The van der Waals surface area contributed by atoms with Crippen LogP contribution in [-0.2, 0) is 19.9 Å². The standard InChI is InChI=1S/C28H30F3N3O5S3/c1-34-16-8-11-22(34)17-21(19-40-23-12-6-3-7-13-23)32-25-15-14-24(18-26(25)41(36,37)28(29,30)31)42(38,39)33-27(35)20-9-4-2-5-10-20/h2-7,9-10,12-15,18,21-22,32H,8,11,16-17,19H2,1H3,(H,33,35)/t21-,22-/m1/s1. The number of anilines is 1. The van der Waals surface area contributed by atoms with Gasteiger partial charge in [0, 0.05) is 28.3 Å². The summed E-state index contributed by atoms with van der Waals surface area (Å²) in [6, 6.07) is 18.8. The summed E-state index contributed by atoms with van der Waals surface area (Å²) in [5, 5.41) is 2.98. The van der Waals surface area contributed by atoms with Gasteiger partial charge in [-0.15, -0.1) is 11.8 Å². The molecule has 2 atom stereocenters. The van der Waals surface area contributed by atoms with Crippen molar-refractivity contribution in [3.63, 3.8) is 0 Å². The van der Waals surface area contributed by atoms with Gasteiger partial charge in [-0.3, -0.25) is 4.79 Å². The van der Waals surface area contributed by atoms with E-state index in [0.29, 0.717) is 18.2 Å². The maximum atomic E-state index is 13.8. The highest BCUT2D eigenvalue weighted by molar-refractivity contribution is 7.99. The molecule has 0 aliphatic carbocycles. The van der Waals surface area contributed by atoms with Gasteiger partial charge in [0.05, 0.1) is 10.6 Å². The number of nitrogens with one attached hydrogen (secondary N) is 2. The molecule has 0 spiro atoms. The highest BCUT2D eigenvalue weighted by Crippen LogP contribution is 2.37. The highest BCUT2D eigenvalue weighted by atomic mass is 32.2. The normalized spacial score (nSPS) is 17.1. The van der Waals surface area contributed by atoms with E-state index >= 15 is 0 Å². The van der Waals surface area contributed by atoms with Crippen LogP contribution in [0.2, 0.25) is 0 Å². The van der Waals surface area contributed by atoms with Gasteiger partial charge in [0.25, 0.3) is 25.8 Å². The van der Waals surface area contributed by atoms with Gasteiger partial charge in [-0.05, 0) is 75.3 Å². The summed E-state index contributed by atoms with van der Waals surface area (Å²) in [4.78, 5) is 13.5. The van der Waals surface area contributed by atoms with Crippen LogP contribution in [0.3, 0.4) is 0 Å². The number of likely N-dealkylation sites (tertiary alicyclic amines) is 1. The number of halogens is 3. The van der Waals surface area contributed by atoms with E-state index in [1.807, 2.05) is 37.4 Å². The summed E-state index contributed by atoms with van der Waals surface area (Å²) >= 11 is 1.47. The predicted octanol–water partition coefficient (Wildman–Crippen LogP) is 5.16. The number of alkyl halides is 3. The molecule has 3 aromatic rings. The minimum absolute atomic E-state index is 0.00173. The molecule has 2 N–H and O–H groups in total. The van der Waals surface area contributed by atoms with Crippen LogP contribution in [0.15, 0.2) is 93.5 Å². The topological polar surface area (TPSA) is 113 Å². The second-order valence-electron chi connectivity index (χ2n) is 9.89. The van der Waals surface area contributed by atoms with Crippen molar-refractivity contribution in [3.05, 3.63) is 84.4 Å². The quantitative estimate of drug-likeness (QED) is 0.277. The Morgan fingerprint density at radius 1 is 1.00 bits per heavy atom. The van der Waals surface area contributed by atoms with Crippen LogP contribution >= 0.6 is 11.8 Å². The Kier molecular flexibility index (Phi) is 9.91. The van der Waals surface area contributed by atoms with Crippen molar-refractivity contribution >= 4 is 43.2 Å². The minimum atomic E-state index is -5.98. The van der Waals surface area contributed by atoms with Crippen molar-refractivity contribution in [2.45, 2.75) is 51.5 Å². The van der Waals surface area contributed by atoms with Crippen LogP contribution in [0.25, 0.3) is 0 Å². The number of thioether (sulfide) groups is 1. The molecule has 1 saturated heterocycles. The minimum Gasteiger partial charge on any atom is -0.380 e. The van der Waals surface area contributed by atoms with Crippen molar-refractivity contribution < 1.29 is 34.8 Å². The molecule has 42 heavy (non-hydrogen) atoms. The van der Waals surface area contributed by atoms with Gasteiger partial charge in [0.15, 0.2) is 0 Å². The summed E-state index contributed by atoms with van der Waals surface area (Å²) in [7, 11) is -8.74. The highest BCUT2D eigenvalue weighted by Gasteiger charge is 2.48. The molecule has 4 rings (SSSR count). The Morgan fingerprint density at radius 2 is 1.64 bits per heavy atom. The summed E-state index contributed by atoms with van der Waals surface area (Å²) in [6.07, 6.45) is 2.38. The van der Waals surface area contributed by atoms with E-state index in [4.69, 9.17) is 0 Å². The molecule has 1 amide bonds. The summed E-state index contributed by atoms with van der Waals surface area (Å²) in [5.74, 6) is -0.607. The SMILES string of the molecule is CN1CCC[C@@H]1C[C@H](CSc1ccccc1)Nc1ccc(S(=O)(=O)NC(=O)c2ccccc2)cc1S(=O)(=O)C(F)(F)F. The van der Waals surface area contributed by atoms with E-state index in [9.17, 15) is 34.8 Å². The van der Waals surface area contributed by atoms with Gasteiger partial charge in [-0.2, -0.15) is 13.2 Å². The number of hydrogen-bond donors (Lipinski definition) is 2. The van der Waals surface area contributed by atoms with Gasteiger partial charge in [0.1, 0.15) is 4.90 Å². The van der Waals surface area contributed by atoms with Gasteiger partial charge in [0.2, 0.25) is 0 Å². The summed E-state index contributed by atoms with van der Waals surface area (Å²) in [6.45, 7) is 0.873. The molecular weight excluding hydrogens is 612 g/mol. The smallest absolute Gasteiger partial charge is 0.380 e. The summed E-state index contributed by atoms with van der Waals surface area (Å²) < 4.78 is 94.5. The maximum absolute atomic E-state index is 13.8. The van der Waals surface area contributed by atoms with E-state index in [1.165, 1.54) is 36.0 Å². The molecule has 226 valence electrons. The van der Waals surface area contributed by atoms with Crippen molar-refractivity contribution in [2.24, 2.45) is 0 Å². The fourth-order valence-electron chi connectivity index (χ4n) is 4.67. The van der Waals surface area contributed by atoms with Crippen molar-refractivity contribution in [3.8, 4) is 0 Å². The van der Waals surface area contributed by atoms with E-state index in [1.54, 1.807) is 10.8 Å². The fourth-order valence-corrected chi connectivity index (χ4v) is 7.66. The predicted molar refractivity (Wildman–Crippen MR) is 156 cm³/mol. The Morgan fingerprint density at radius 3 is 2.24 bits per heavy atom. The van der Waals surface area contributed by atoms with Crippen molar-refractivity contribution in [1.29, 1.82) is 0 Å². The van der Waals surface area contributed by atoms with E-state index in [2.05, 4.69) is 10.2 Å². The number of sulfonamides is 1. The third-order valence-corrected chi connectivity index (χ3v) is 10.9. The van der Waals surface area contributed by atoms with E-state index in [-0.39, 0.29) is 17.3 Å². The van der Waals surface area contributed by atoms with Crippen LogP contribution < -0.4 is 10.0 Å². The maximum Gasteiger partial charge on any atom is 0.501 e. The molecule has 8 nitrogen and oxygen atoms in total. The fraction of sp³-hybridized carbons (Fsp3) is 0.321. The van der Waals surface area contributed by atoms with Crippen LogP contribution in [0.5, 0.6) is 0 Å². The Bertz CT molecular complexity index is 1600. The zero-order valence-corrected chi connectivity index (χ0v) is 25.0. The molecule has 1 aliphatic heterocycles. The van der Waals surface area contributed by atoms with Crippen LogP contribution in [0.4, 0.5) is 18.9 Å². The van der Waals surface area contributed by atoms with Gasteiger partial charge >= 0.3 is 5.51 Å². The first kappa shape index (κ1) is 31.9. The zero-order chi connectivity index (χ0) is 30.5. The number of rotatable bonds is 11. The monoisotopic (exact) mass is 641 g/mol. The molecular formula is C28H30F3N3O5S3. The molecule has 1 aliphatic rings. The number of benzene rings is 3. The number of sulfone groups is 1. The Balaban J connectivity index is 1.68. The number of carbonyl (C=O) groups excluding carboxylic acids is 1. The lowest BCUT2D eigenvalue weighted by Gasteiger charge is -2.28. The molecule has 0 saturated carbocycles. The van der Waals surface area contributed by atoms with Crippen LogP contribution in [0.1, 0.15) is 29.6 Å². The zero-order valence-electron chi connectivity index (χ0n) is 22.5. The van der Waals surface area contributed by atoms with Gasteiger partial charge < -0.3 is 10.2 Å². The number of hydrogen-bond acceptors (Lipinski definition) is 8. The first-order chi connectivity index (χ1) is 19.8. The first-order valence-corrected chi connectivity index (χ1v) is 17.0. The molecule has 0 unspecified atom stereocenters. The Hall–Kier alpha value is -3.07. The van der Waals surface area contributed by atoms with Gasteiger partial charge in [-0.1, -0.05) is 36.4 Å². The number of amides is 1. The molecule has 1 heterocycles. The first-order valence-electron chi connectivity index (χ1n) is 13.0. The third kappa shape index (κ3) is 7.65. The van der Waals surface area contributed by atoms with E-state index < -0.39 is 47.1 Å². The largest absolute Gasteiger partial charge is 0.501 e. The average Bonchev–Trinajstić information content (AvgIpc) is 3.35.